The van der Waals surface area contributed by atoms with Gasteiger partial charge in [0.05, 0.1) is 5.41 Å². The summed E-state index contributed by atoms with van der Waals surface area (Å²) in [6.45, 7) is 5.54. The van der Waals surface area contributed by atoms with E-state index in [9.17, 15) is 9.59 Å². The molecule has 1 fully saturated rings. The summed E-state index contributed by atoms with van der Waals surface area (Å²) in [4.78, 5) is 22.2. The standard InChI is InChI=1S/C12H20O4/c1-11(2,3)16-10(15)12(7-8-12)6-4-5-9(13)14/h4-8H2,1-3H3,(H,13,14). The Labute approximate surface area is 96.0 Å². The molecule has 1 aliphatic carbocycles. The summed E-state index contributed by atoms with van der Waals surface area (Å²) in [6, 6.07) is 0. The molecule has 92 valence electrons. The highest BCUT2D eigenvalue weighted by Crippen LogP contribution is 2.51. The monoisotopic (exact) mass is 228 g/mol. The molecule has 0 amide bonds. The van der Waals surface area contributed by atoms with Gasteiger partial charge < -0.3 is 9.84 Å². The zero-order valence-electron chi connectivity index (χ0n) is 10.2. The molecule has 0 aromatic carbocycles. The minimum atomic E-state index is -0.806. The van der Waals surface area contributed by atoms with E-state index >= 15 is 0 Å². The number of aliphatic carboxylic acids is 1. The SMILES string of the molecule is CC(C)(C)OC(=O)C1(CCCC(=O)O)CC1. The van der Waals surface area contributed by atoms with Crippen LogP contribution in [0.3, 0.4) is 0 Å². The molecule has 0 radical (unpaired) electrons. The van der Waals surface area contributed by atoms with Gasteiger partial charge in [-0.05, 0) is 46.5 Å². The predicted molar refractivity (Wildman–Crippen MR) is 59.0 cm³/mol. The molecule has 1 aliphatic rings. The Morgan fingerprint density at radius 2 is 1.88 bits per heavy atom. The average molecular weight is 228 g/mol. The highest BCUT2D eigenvalue weighted by molar-refractivity contribution is 5.80. The van der Waals surface area contributed by atoms with E-state index in [0.717, 1.165) is 12.8 Å². The molecule has 1 saturated carbocycles. The van der Waals surface area contributed by atoms with Crippen LogP contribution in [-0.4, -0.2) is 22.6 Å². The third-order valence-corrected chi connectivity index (χ3v) is 2.73. The third-order valence-electron chi connectivity index (χ3n) is 2.73. The van der Waals surface area contributed by atoms with E-state index < -0.39 is 11.6 Å². The van der Waals surface area contributed by atoms with Gasteiger partial charge in [-0.2, -0.15) is 0 Å². The van der Waals surface area contributed by atoms with Crippen LogP contribution < -0.4 is 0 Å². The van der Waals surface area contributed by atoms with E-state index in [4.69, 9.17) is 9.84 Å². The van der Waals surface area contributed by atoms with Crippen LogP contribution in [0, 0.1) is 5.41 Å². The maximum Gasteiger partial charge on any atom is 0.312 e. The predicted octanol–water partition coefficient (Wildman–Crippen LogP) is 2.36. The molecule has 0 atom stereocenters. The van der Waals surface area contributed by atoms with Crippen LogP contribution in [0.15, 0.2) is 0 Å². The number of hydrogen-bond acceptors (Lipinski definition) is 3. The Morgan fingerprint density at radius 3 is 2.25 bits per heavy atom. The average Bonchev–Trinajstić information content (AvgIpc) is 2.81. The maximum atomic E-state index is 11.8. The Hall–Kier alpha value is -1.06. The van der Waals surface area contributed by atoms with Gasteiger partial charge in [0.25, 0.3) is 0 Å². The maximum absolute atomic E-state index is 11.8. The van der Waals surface area contributed by atoms with Crippen LogP contribution in [-0.2, 0) is 14.3 Å². The normalized spacial score (nSPS) is 17.9. The van der Waals surface area contributed by atoms with Crippen molar-refractivity contribution in [3.8, 4) is 0 Å². The van der Waals surface area contributed by atoms with Gasteiger partial charge in [-0.15, -0.1) is 0 Å². The first-order valence-electron chi connectivity index (χ1n) is 5.70. The van der Waals surface area contributed by atoms with E-state index in [2.05, 4.69) is 0 Å². The highest BCUT2D eigenvalue weighted by atomic mass is 16.6. The molecule has 4 nitrogen and oxygen atoms in total. The molecule has 1 rings (SSSR count). The molecule has 4 heteroatoms. The summed E-state index contributed by atoms with van der Waals surface area (Å²) in [5.41, 5.74) is -0.831. The molecular formula is C12H20O4. The lowest BCUT2D eigenvalue weighted by Crippen LogP contribution is -2.29. The summed E-state index contributed by atoms with van der Waals surface area (Å²) in [5, 5.41) is 8.54. The van der Waals surface area contributed by atoms with Crippen molar-refractivity contribution in [1.82, 2.24) is 0 Å². The summed E-state index contributed by atoms with van der Waals surface area (Å²) >= 11 is 0. The first-order valence-corrected chi connectivity index (χ1v) is 5.70. The van der Waals surface area contributed by atoms with E-state index in [1.165, 1.54) is 0 Å². The van der Waals surface area contributed by atoms with E-state index in [1.807, 2.05) is 20.8 Å². The minimum absolute atomic E-state index is 0.130. The van der Waals surface area contributed by atoms with Gasteiger partial charge in [0.1, 0.15) is 5.60 Å². The van der Waals surface area contributed by atoms with Crippen molar-refractivity contribution in [3.63, 3.8) is 0 Å². The van der Waals surface area contributed by atoms with Crippen molar-refractivity contribution >= 4 is 11.9 Å². The number of carbonyl (C=O) groups is 2. The second-order valence-corrected chi connectivity index (χ2v) is 5.53. The molecule has 0 aromatic rings. The van der Waals surface area contributed by atoms with Crippen LogP contribution >= 0.6 is 0 Å². The van der Waals surface area contributed by atoms with Crippen molar-refractivity contribution < 1.29 is 19.4 Å². The molecule has 0 bridgehead atoms. The van der Waals surface area contributed by atoms with Crippen molar-refractivity contribution in [2.45, 2.75) is 58.5 Å². The summed E-state index contributed by atoms with van der Waals surface area (Å²) in [7, 11) is 0. The quantitative estimate of drug-likeness (QED) is 0.734. The van der Waals surface area contributed by atoms with Crippen LogP contribution in [0.5, 0.6) is 0 Å². The number of esters is 1. The smallest absolute Gasteiger partial charge is 0.312 e. The zero-order chi connectivity index (χ0) is 12.4. The molecule has 0 aliphatic heterocycles. The molecule has 0 saturated heterocycles. The lowest BCUT2D eigenvalue weighted by molar-refractivity contribution is -0.162. The van der Waals surface area contributed by atoms with Gasteiger partial charge in [-0.25, -0.2) is 0 Å². The van der Waals surface area contributed by atoms with E-state index in [-0.39, 0.29) is 17.8 Å². The summed E-state index contributed by atoms with van der Waals surface area (Å²) in [5.74, 6) is -0.967. The van der Waals surface area contributed by atoms with E-state index in [1.54, 1.807) is 0 Å². The first kappa shape index (κ1) is 13.0. The molecule has 0 spiro atoms. The fourth-order valence-corrected chi connectivity index (χ4v) is 1.67. The van der Waals surface area contributed by atoms with Crippen LogP contribution in [0.2, 0.25) is 0 Å². The van der Waals surface area contributed by atoms with Gasteiger partial charge in [-0.3, -0.25) is 9.59 Å². The number of hydrogen-bond donors (Lipinski definition) is 1. The van der Waals surface area contributed by atoms with Gasteiger partial charge in [0, 0.05) is 6.42 Å². The lowest BCUT2D eigenvalue weighted by Gasteiger charge is -2.23. The third kappa shape index (κ3) is 3.83. The van der Waals surface area contributed by atoms with Crippen molar-refractivity contribution in [3.05, 3.63) is 0 Å². The Balaban J connectivity index is 2.39. The minimum Gasteiger partial charge on any atom is -0.481 e. The molecule has 0 aromatic heterocycles. The first-order chi connectivity index (χ1) is 7.25. The van der Waals surface area contributed by atoms with Crippen LogP contribution in [0.25, 0.3) is 0 Å². The fraction of sp³-hybridized carbons (Fsp3) is 0.833. The second kappa shape index (κ2) is 4.44. The van der Waals surface area contributed by atoms with Crippen LogP contribution in [0.4, 0.5) is 0 Å². The van der Waals surface area contributed by atoms with Crippen LogP contribution in [0.1, 0.15) is 52.9 Å². The molecule has 0 heterocycles. The number of ether oxygens (including phenoxy) is 1. The van der Waals surface area contributed by atoms with Gasteiger partial charge in [0.2, 0.25) is 0 Å². The lowest BCUT2D eigenvalue weighted by atomic mass is 9.99. The molecule has 16 heavy (non-hydrogen) atoms. The van der Waals surface area contributed by atoms with Gasteiger partial charge in [0.15, 0.2) is 0 Å². The summed E-state index contributed by atoms with van der Waals surface area (Å²) in [6.07, 6.45) is 2.98. The second-order valence-electron chi connectivity index (χ2n) is 5.53. The Kier molecular flexibility index (Phi) is 3.61. The summed E-state index contributed by atoms with van der Waals surface area (Å²) < 4.78 is 5.34. The van der Waals surface area contributed by atoms with Crippen molar-refractivity contribution in [2.24, 2.45) is 5.41 Å². The molecule has 1 N–H and O–H groups in total. The van der Waals surface area contributed by atoms with Gasteiger partial charge in [-0.1, -0.05) is 0 Å². The number of carboxylic acid groups (broad SMARTS) is 1. The highest BCUT2D eigenvalue weighted by Gasteiger charge is 2.51. The largest absolute Gasteiger partial charge is 0.481 e. The molecule has 0 unspecified atom stereocenters. The van der Waals surface area contributed by atoms with Crippen molar-refractivity contribution in [1.29, 1.82) is 0 Å². The number of rotatable bonds is 5. The number of carboxylic acids is 1. The topological polar surface area (TPSA) is 63.6 Å². The van der Waals surface area contributed by atoms with Crippen molar-refractivity contribution in [2.75, 3.05) is 0 Å². The Bertz CT molecular complexity index is 284. The number of carbonyl (C=O) groups excluding carboxylic acids is 1. The van der Waals surface area contributed by atoms with Gasteiger partial charge >= 0.3 is 11.9 Å². The fourth-order valence-electron chi connectivity index (χ4n) is 1.67. The zero-order valence-corrected chi connectivity index (χ0v) is 10.2. The molecular weight excluding hydrogens is 208 g/mol. The Morgan fingerprint density at radius 1 is 1.31 bits per heavy atom. The van der Waals surface area contributed by atoms with E-state index in [0.29, 0.717) is 12.8 Å².